The van der Waals surface area contributed by atoms with Crippen molar-refractivity contribution in [3.8, 4) is 0 Å². The molecule has 3 rings (SSSR count). The second-order valence-electron chi connectivity index (χ2n) is 4.88. The summed E-state index contributed by atoms with van der Waals surface area (Å²) < 4.78 is 1.20. The van der Waals surface area contributed by atoms with Crippen LogP contribution in [0.15, 0.2) is 48.5 Å². The van der Waals surface area contributed by atoms with E-state index < -0.39 is 0 Å². The lowest BCUT2D eigenvalue weighted by molar-refractivity contribution is 0.917. The number of hydrogen-bond donors (Lipinski definition) is 1. The lowest BCUT2D eigenvalue weighted by Gasteiger charge is -2.16. The van der Waals surface area contributed by atoms with Gasteiger partial charge in [0.25, 0.3) is 0 Å². The molecule has 0 spiro atoms. The maximum absolute atomic E-state index is 5.68. The number of fused-ring (bicyclic) bond motifs is 1. The van der Waals surface area contributed by atoms with E-state index in [1.807, 2.05) is 43.4 Å². The van der Waals surface area contributed by atoms with Crippen LogP contribution in [-0.2, 0) is 6.54 Å². The summed E-state index contributed by atoms with van der Waals surface area (Å²) in [5.41, 5.74) is 8.80. The van der Waals surface area contributed by atoms with Crippen LogP contribution in [0.25, 0.3) is 10.2 Å². The second kappa shape index (κ2) is 5.79. The van der Waals surface area contributed by atoms with Gasteiger partial charge in [-0.05, 0) is 23.8 Å². The molecule has 0 atom stereocenters. The molecular formula is C16H15N3S2. The Bertz CT molecular complexity index is 762. The van der Waals surface area contributed by atoms with E-state index in [-0.39, 0.29) is 0 Å². The highest BCUT2D eigenvalue weighted by Gasteiger charge is 2.09. The molecule has 0 fully saturated rings. The van der Waals surface area contributed by atoms with E-state index in [0.29, 0.717) is 4.99 Å². The Hall–Kier alpha value is -1.98. The van der Waals surface area contributed by atoms with Gasteiger partial charge in [-0.1, -0.05) is 53.9 Å². The Morgan fingerprint density at radius 2 is 2.05 bits per heavy atom. The summed E-state index contributed by atoms with van der Waals surface area (Å²) in [7, 11) is 2.05. The molecule has 0 amide bonds. The van der Waals surface area contributed by atoms with E-state index >= 15 is 0 Å². The lowest BCUT2D eigenvalue weighted by Crippen LogP contribution is -2.17. The van der Waals surface area contributed by atoms with Gasteiger partial charge in [0, 0.05) is 19.2 Å². The number of hydrogen-bond acceptors (Lipinski definition) is 4. The first kappa shape index (κ1) is 14.0. The Labute approximate surface area is 133 Å². The molecule has 21 heavy (non-hydrogen) atoms. The largest absolute Gasteiger partial charge is 0.389 e. The van der Waals surface area contributed by atoms with Crippen molar-refractivity contribution in [1.82, 2.24) is 4.98 Å². The zero-order chi connectivity index (χ0) is 14.8. The van der Waals surface area contributed by atoms with Crippen LogP contribution >= 0.6 is 23.6 Å². The number of nitrogens with two attached hydrogens (primary N) is 1. The number of para-hydroxylation sites is 1. The van der Waals surface area contributed by atoms with Crippen molar-refractivity contribution >= 4 is 43.9 Å². The van der Waals surface area contributed by atoms with Gasteiger partial charge in [0.1, 0.15) is 4.99 Å². The van der Waals surface area contributed by atoms with Crippen LogP contribution in [-0.4, -0.2) is 17.0 Å². The summed E-state index contributed by atoms with van der Waals surface area (Å²) in [5, 5.41) is 1.01. The normalized spacial score (nSPS) is 10.7. The average Bonchev–Trinajstić information content (AvgIpc) is 2.91. The van der Waals surface area contributed by atoms with Gasteiger partial charge in [0.2, 0.25) is 0 Å². The fourth-order valence-corrected chi connectivity index (χ4v) is 3.24. The first-order chi connectivity index (χ1) is 10.1. The molecule has 0 unspecified atom stereocenters. The monoisotopic (exact) mass is 313 g/mol. The van der Waals surface area contributed by atoms with Gasteiger partial charge in [-0.2, -0.15) is 0 Å². The highest BCUT2D eigenvalue weighted by molar-refractivity contribution is 7.80. The molecule has 0 bridgehead atoms. The number of rotatable bonds is 4. The smallest absolute Gasteiger partial charge is 0.186 e. The van der Waals surface area contributed by atoms with Gasteiger partial charge in [-0.25, -0.2) is 4.98 Å². The minimum atomic E-state index is 0.430. The summed E-state index contributed by atoms with van der Waals surface area (Å²) in [6, 6.07) is 16.2. The molecule has 5 heteroatoms. The van der Waals surface area contributed by atoms with Crippen LogP contribution in [0, 0.1) is 0 Å². The first-order valence-corrected chi connectivity index (χ1v) is 7.81. The van der Waals surface area contributed by atoms with Gasteiger partial charge >= 0.3 is 0 Å². The number of nitrogens with zero attached hydrogens (tertiary/aromatic N) is 2. The van der Waals surface area contributed by atoms with Crippen LogP contribution in [0.1, 0.15) is 11.1 Å². The molecule has 0 aliphatic rings. The van der Waals surface area contributed by atoms with Crippen LogP contribution < -0.4 is 10.6 Å². The number of thiazole rings is 1. The molecule has 2 aromatic carbocycles. The number of benzene rings is 2. The predicted octanol–water partition coefficient (Wildman–Crippen LogP) is 3.57. The van der Waals surface area contributed by atoms with Gasteiger partial charge in [-0.15, -0.1) is 0 Å². The SMILES string of the molecule is CN(Cc1cccc(C(N)=S)c1)c1nc2ccccc2s1. The zero-order valence-corrected chi connectivity index (χ0v) is 13.2. The zero-order valence-electron chi connectivity index (χ0n) is 11.6. The minimum Gasteiger partial charge on any atom is -0.389 e. The van der Waals surface area contributed by atoms with E-state index in [9.17, 15) is 0 Å². The van der Waals surface area contributed by atoms with Crippen molar-refractivity contribution in [3.63, 3.8) is 0 Å². The van der Waals surface area contributed by atoms with E-state index in [0.717, 1.165) is 22.8 Å². The topological polar surface area (TPSA) is 42.1 Å². The third-order valence-electron chi connectivity index (χ3n) is 3.24. The Kier molecular flexibility index (Phi) is 3.86. The van der Waals surface area contributed by atoms with E-state index in [4.69, 9.17) is 18.0 Å². The molecule has 3 aromatic rings. The van der Waals surface area contributed by atoms with Crippen LogP contribution in [0.5, 0.6) is 0 Å². The third-order valence-corrected chi connectivity index (χ3v) is 4.63. The van der Waals surface area contributed by atoms with Gasteiger partial charge in [-0.3, -0.25) is 0 Å². The summed E-state index contributed by atoms with van der Waals surface area (Å²) >= 11 is 6.73. The standard InChI is InChI=1S/C16H15N3S2/c1-19(10-11-5-4-6-12(9-11)15(17)20)16-18-13-7-2-3-8-14(13)21-16/h2-9H,10H2,1H3,(H2,17,20). The van der Waals surface area contributed by atoms with Gasteiger partial charge in [0.05, 0.1) is 10.2 Å². The molecule has 2 N–H and O–H groups in total. The molecule has 106 valence electrons. The summed E-state index contributed by atoms with van der Waals surface area (Å²) in [6.45, 7) is 0.774. The Morgan fingerprint density at radius 3 is 2.81 bits per heavy atom. The van der Waals surface area contributed by atoms with Crippen molar-refractivity contribution in [2.45, 2.75) is 6.54 Å². The molecule has 0 radical (unpaired) electrons. The number of aromatic nitrogens is 1. The minimum absolute atomic E-state index is 0.430. The van der Waals surface area contributed by atoms with E-state index in [2.05, 4.69) is 22.0 Å². The van der Waals surface area contributed by atoms with E-state index in [1.165, 1.54) is 10.3 Å². The highest BCUT2D eigenvalue weighted by atomic mass is 32.1. The third kappa shape index (κ3) is 3.04. The molecule has 0 saturated heterocycles. The Morgan fingerprint density at radius 1 is 1.24 bits per heavy atom. The van der Waals surface area contributed by atoms with Crippen molar-refractivity contribution in [1.29, 1.82) is 0 Å². The van der Waals surface area contributed by atoms with Crippen molar-refractivity contribution in [2.75, 3.05) is 11.9 Å². The summed E-state index contributed by atoms with van der Waals surface area (Å²) in [4.78, 5) is 7.23. The molecule has 3 nitrogen and oxygen atoms in total. The van der Waals surface area contributed by atoms with Gasteiger partial charge < -0.3 is 10.6 Å². The molecule has 1 heterocycles. The number of thiocarbonyl (C=S) groups is 1. The molecule has 1 aromatic heterocycles. The maximum atomic E-state index is 5.68. The summed E-state index contributed by atoms with van der Waals surface area (Å²) in [5.74, 6) is 0. The van der Waals surface area contributed by atoms with Crippen molar-refractivity contribution < 1.29 is 0 Å². The average molecular weight is 313 g/mol. The Balaban J connectivity index is 1.84. The van der Waals surface area contributed by atoms with Crippen molar-refractivity contribution in [3.05, 3.63) is 59.7 Å². The predicted molar refractivity (Wildman–Crippen MR) is 94.1 cm³/mol. The molecule has 0 aliphatic heterocycles. The number of anilines is 1. The summed E-state index contributed by atoms with van der Waals surface area (Å²) in [6.07, 6.45) is 0. The lowest BCUT2D eigenvalue weighted by atomic mass is 10.1. The van der Waals surface area contributed by atoms with Crippen LogP contribution in [0.4, 0.5) is 5.13 Å². The van der Waals surface area contributed by atoms with Crippen LogP contribution in [0.2, 0.25) is 0 Å². The van der Waals surface area contributed by atoms with Gasteiger partial charge in [0.15, 0.2) is 5.13 Å². The first-order valence-electron chi connectivity index (χ1n) is 6.59. The van der Waals surface area contributed by atoms with Crippen molar-refractivity contribution in [2.24, 2.45) is 5.73 Å². The second-order valence-corrected chi connectivity index (χ2v) is 6.33. The fraction of sp³-hybridized carbons (Fsp3) is 0.125. The van der Waals surface area contributed by atoms with Crippen LogP contribution in [0.3, 0.4) is 0 Å². The molecule has 0 saturated carbocycles. The van der Waals surface area contributed by atoms with E-state index in [1.54, 1.807) is 11.3 Å². The maximum Gasteiger partial charge on any atom is 0.186 e. The highest BCUT2D eigenvalue weighted by Crippen LogP contribution is 2.28. The fourth-order valence-electron chi connectivity index (χ4n) is 2.19. The quantitative estimate of drug-likeness (QED) is 0.748. The molecular weight excluding hydrogens is 298 g/mol. The molecule has 0 aliphatic carbocycles.